The summed E-state index contributed by atoms with van der Waals surface area (Å²) in [6, 6.07) is 7.26. The van der Waals surface area contributed by atoms with Crippen LogP contribution in [0.25, 0.3) is 0 Å². The molecule has 2 rings (SSSR count). The van der Waals surface area contributed by atoms with Crippen molar-refractivity contribution < 1.29 is 15.3 Å². The fraction of sp³-hybridized carbons (Fsp3) is 0.538. The van der Waals surface area contributed by atoms with Gasteiger partial charge in [-0.2, -0.15) is 0 Å². The van der Waals surface area contributed by atoms with Gasteiger partial charge in [0.05, 0.1) is 12.2 Å². The molecular formula is C13H18O3. The van der Waals surface area contributed by atoms with Gasteiger partial charge in [-0.05, 0) is 49.3 Å². The first-order valence-electron chi connectivity index (χ1n) is 5.75. The lowest BCUT2D eigenvalue weighted by Crippen LogP contribution is -2.37. The molecule has 88 valence electrons. The lowest BCUT2D eigenvalue weighted by Gasteiger charge is -2.34. The van der Waals surface area contributed by atoms with E-state index in [1.165, 1.54) is 5.56 Å². The topological polar surface area (TPSA) is 60.7 Å². The Labute approximate surface area is 95.4 Å². The van der Waals surface area contributed by atoms with E-state index >= 15 is 0 Å². The molecule has 1 aliphatic rings. The van der Waals surface area contributed by atoms with Crippen LogP contribution >= 0.6 is 0 Å². The molecule has 0 unspecified atom stereocenters. The quantitative estimate of drug-likeness (QED) is 0.714. The van der Waals surface area contributed by atoms with Gasteiger partial charge in [0.15, 0.2) is 0 Å². The molecule has 16 heavy (non-hydrogen) atoms. The average molecular weight is 222 g/mol. The molecule has 0 spiro atoms. The number of hydrogen-bond donors (Lipinski definition) is 3. The molecule has 0 aliphatic heterocycles. The lowest BCUT2D eigenvalue weighted by atomic mass is 9.76. The van der Waals surface area contributed by atoms with Crippen molar-refractivity contribution in [1.29, 1.82) is 0 Å². The van der Waals surface area contributed by atoms with Crippen LogP contribution in [0.1, 0.15) is 37.2 Å². The van der Waals surface area contributed by atoms with E-state index in [0.717, 1.165) is 12.8 Å². The Hall–Kier alpha value is -1.06. The minimum Gasteiger partial charge on any atom is -0.508 e. The molecule has 1 aromatic carbocycles. The van der Waals surface area contributed by atoms with Gasteiger partial charge < -0.3 is 15.3 Å². The van der Waals surface area contributed by atoms with Crippen LogP contribution in [0.2, 0.25) is 0 Å². The van der Waals surface area contributed by atoms with Crippen molar-refractivity contribution in [1.82, 2.24) is 0 Å². The van der Waals surface area contributed by atoms with E-state index < -0.39 is 5.60 Å². The maximum Gasteiger partial charge on any atom is 0.115 e. The smallest absolute Gasteiger partial charge is 0.115 e. The van der Waals surface area contributed by atoms with E-state index in [1.807, 2.05) is 12.1 Å². The van der Waals surface area contributed by atoms with Gasteiger partial charge >= 0.3 is 0 Å². The third kappa shape index (κ3) is 2.36. The second-order valence-corrected chi connectivity index (χ2v) is 4.75. The number of benzene rings is 1. The van der Waals surface area contributed by atoms with Crippen molar-refractivity contribution >= 4 is 0 Å². The van der Waals surface area contributed by atoms with Crippen molar-refractivity contribution in [2.24, 2.45) is 0 Å². The SMILES string of the molecule is OCC1(O)CCC(c2ccc(O)cc2)CC1. The molecule has 0 heterocycles. The zero-order valence-electron chi connectivity index (χ0n) is 9.26. The summed E-state index contributed by atoms with van der Waals surface area (Å²) in [5, 5.41) is 28.2. The van der Waals surface area contributed by atoms with E-state index in [1.54, 1.807) is 12.1 Å². The zero-order chi connectivity index (χ0) is 11.6. The van der Waals surface area contributed by atoms with Crippen molar-refractivity contribution in [3.63, 3.8) is 0 Å². The highest BCUT2D eigenvalue weighted by molar-refractivity contribution is 5.28. The molecule has 1 aliphatic carbocycles. The first-order chi connectivity index (χ1) is 7.63. The lowest BCUT2D eigenvalue weighted by molar-refractivity contribution is -0.0456. The van der Waals surface area contributed by atoms with Crippen molar-refractivity contribution in [2.75, 3.05) is 6.61 Å². The van der Waals surface area contributed by atoms with Gasteiger partial charge in [0.25, 0.3) is 0 Å². The Balaban J connectivity index is 2.01. The fourth-order valence-corrected chi connectivity index (χ4v) is 2.39. The number of aromatic hydroxyl groups is 1. The van der Waals surface area contributed by atoms with E-state index in [9.17, 15) is 10.2 Å². The van der Waals surface area contributed by atoms with Gasteiger partial charge in [-0.1, -0.05) is 12.1 Å². The van der Waals surface area contributed by atoms with Crippen LogP contribution < -0.4 is 0 Å². The summed E-state index contributed by atoms with van der Waals surface area (Å²) in [7, 11) is 0. The molecule has 0 atom stereocenters. The highest BCUT2D eigenvalue weighted by Gasteiger charge is 2.32. The van der Waals surface area contributed by atoms with E-state index in [2.05, 4.69) is 0 Å². The average Bonchev–Trinajstić information content (AvgIpc) is 2.32. The van der Waals surface area contributed by atoms with Crippen molar-refractivity contribution in [3.8, 4) is 5.75 Å². The van der Waals surface area contributed by atoms with Gasteiger partial charge in [-0.25, -0.2) is 0 Å². The van der Waals surface area contributed by atoms with Crippen LogP contribution in [-0.2, 0) is 0 Å². The summed E-state index contributed by atoms with van der Waals surface area (Å²) in [4.78, 5) is 0. The first-order valence-corrected chi connectivity index (χ1v) is 5.75. The molecule has 1 saturated carbocycles. The summed E-state index contributed by atoms with van der Waals surface area (Å²) in [6.07, 6.45) is 3.08. The van der Waals surface area contributed by atoms with E-state index in [-0.39, 0.29) is 12.4 Å². The molecule has 0 saturated heterocycles. The minimum atomic E-state index is -0.868. The normalized spacial score (nSPS) is 30.2. The molecule has 3 heteroatoms. The molecule has 3 N–H and O–H groups in total. The van der Waals surface area contributed by atoms with Crippen LogP contribution in [-0.4, -0.2) is 27.5 Å². The summed E-state index contributed by atoms with van der Waals surface area (Å²) in [5.41, 5.74) is 0.339. The monoisotopic (exact) mass is 222 g/mol. The minimum absolute atomic E-state index is 0.144. The number of phenols is 1. The predicted molar refractivity (Wildman–Crippen MR) is 61.4 cm³/mol. The summed E-state index contributed by atoms with van der Waals surface area (Å²) in [6.45, 7) is -0.144. The van der Waals surface area contributed by atoms with Gasteiger partial charge in [-0.3, -0.25) is 0 Å². The molecule has 0 radical (unpaired) electrons. The highest BCUT2D eigenvalue weighted by atomic mass is 16.3. The van der Waals surface area contributed by atoms with Crippen molar-refractivity contribution in [2.45, 2.75) is 37.2 Å². The molecule has 1 aromatic rings. The number of hydrogen-bond acceptors (Lipinski definition) is 3. The van der Waals surface area contributed by atoms with Crippen LogP contribution in [0.4, 0.5) is 0 Å². The predicted octanol–water partition coefficient (Wildman–Crippen LogP) is 1.77. The molecule has 0 aromatic heterocycles. The number of aliphatic hydroxyl groups is 2. The Morgan fingerprint density at radius 1 is 1.12 bits per heavy atom. The Kier molecular flexibility index (Phi) is 3.17. The van der Waals surface area contributed by atoms with Crippen LogP contribution in [0.5, 0.6) is 5.75 Å². The zero-order valence-corrected chi connectivity index (χ0v) is 9.26. The molecule has 3 nitrogen and oxygen atoms in total. The molecule has 0 bridgehead atoms. The largest absolute Gasteiger partial charge is 0.508 e. The van der Waals surface area contributed by atoms with Gasteiger partial charge in [-0.15, -0.1) is 0 Å². The summed E-state index contributed by atoms with van der Waals surface area (Å²) < 4.78 is 0. The second kappa shape index (κ2) is 4.44. The van der Waals surface area contributed by atoms with Gasteiger partial charge in [0.2, 0.25) is 0 Å². The maximum absolute atomic E-state index is 9.90. The maximum atomic E-state index is 9.90. The molecule has 0 amide bonds. The highest BCUT2D eigenvalue weighted by Crippen LogP contribution is 2.37. The molecular weight excluding hydrogens is 204 g/mol. The summed E-state index contributed by atoms with van der Waals surface area (Å²) >= 11 is 0. The number of rotatable bonds is 2. The van der Waals surface area contributed by atoms with Crippen LogP contribution in [0.3, 0.4) is 0 Å². The number of aliphatic hydroxyl groups excluding tert-OH is 1. The van der Waals surface area contributed by atoms with Crippen molar-refractivity contribution in [3.05, 3.63) is 29.8 Å². The van der Waals surface area contributed by atoms with Gasteiger partial charge in [0, 0.05) is 0 Å². The fourth-order valence-electron chi connectivity index (χ4n) is 2.39. The number of phenolic OH excluding ortho intramolecular Hbond substituents is 1. The van der Waals surface area contributed by atoms with E-state index in [4.69, 9.17) is 5.11 Å². The standard InChI is InChI=1S/C13H18O3/c14-9-13(16)7-5-11(6-8-13)10-1-3-12(15)4-2-10/h1-4,11,14-16H,5-9H2. The first kappa shape index (κ1) is 11.4. The third-order valence-corrected chi connectivity index (χ3v) is 3.58. The van der Waals surface area contributed by atoms with Gasteiger partial charge in [0.1, 0.15) is 5.75 Å². The van der Waals surface area contributed by atoms with Crippen LogP contribution in [0, 0.1) is 0 Å². The second-order valence-electron chi connectivity index (χ2n) is 4.75. The summed E-state index contributed by atoms with van der Waals surface area (Å²) in [5.74, 6) is 0.721. The Morgan fingerprint density at radius 3 is 2.19 bits per heavy atom. The third-order valence-electron chi connectivity index (χ3n) is 3.58. The Bertz CT molecular complexity index is 337. The van der Waals surface area contributed by atoms with Crippen LogP contribution in [0.15, 0.2) is 24.3 Å². The Morgan fingerprint density at radius 2 is 1.69 bits per heavy atom. The van der Waals surface area contributed by atoms with E-state index in [0.29, 0.717) is 18.8 Å². The molecule has 1 fully saturated rings.